The lowest BCUT2D eigenvalue weighted by atomic mass is 9.85. The Morgan fingerprint density at radius 3 is 2.70 bits per heavy atom. The number of aromatic nitrogens is 2. The van der Waals surface area contributed by atoms with E-state index in [1.165, 1.54) is 11.3 Å². The van der Waals surface area contributed by atoms with Crippen molar-refractivity contribution in [2.45, 2.75) is 19.3 Å². The van der Waals surface area contributed by atoms with E-state index in [1.807, 2.05) is 18.2 Å². The van der Waals surface area contributed by atoms with Crippen molar-refractivity contribution < 1.29 is 9.53 Å². The fourth-order valence-electron chi connectivity index (χ4n) is 2.04. The van der Waals surface area contributed by atoms with Gasteiger partial charge >= 0.3 is 0 Å². The second-order valence-corrected chi connectivity index (χ2v) is 6.60. The minimum absolute atomic E-state index is 0.138. The van der Waals surface area contributed by atoms with Gasteiger partial charge in [-0.15, -0.1) is 10.2 Å². The molecule has 1 aromatic carbocycles. The van der Waals surface area contributed by atoms with E-state index in [0.717, 1.165) is 10.6 Å². The monoisotopic (exact) mass is 334 g/mol. The summed E-state index contributed by atoms with van der Waals surface area (Å²) in [6.45, 7) is 5.62. The van der Waals surface area contributed by atoms with E-state index in [0.29, 0.717) is 18.3 Å². The molecule has 0 aliphatic rings. The standard InChI is InChI=1S/C16H22N4O2S/c1-16(2,12-7-5-4-6-8-12)14-19-20-15(23-14)18-13(21)11-17-9-10-22-3/h4-8,17H,9-11H2,1-3H3,(H,18,20,21). The molecule has 6 nitrogen and oxygen atoms in total. The highest BCUT2D eigenvalue weighted by molar-refractivity contribution is 7.15. The van der Waals surface area contributed by atoms with E-state index in [9.17, 15) is 4.79 Å². The van der Waals surface area contributed by atoms with Crippen molar-refractivity contribution in [1.82, 2.24) is 15.5 Å². The number of nitrogens with one attached hydrogen (secondary N) is 2. The highest BCUT2D eigenvalue weighted by Gasteiger charge is 2.27. The summed E-state index contributed by atoms with van der Waals surface area (Å²) in [5, 5.41) is 15.5. The van der Waals surface area contributed by atoms with Crippen LogP contribution in [0.4, 0.5) is 5.13 Å². The lowest BCUT2D eigenvalue weighted by Crippen LogP contribution is -2.30. The number of hydrogen-bond acceptors (Lipinski definition) is 6. The summed E-state index contributed by atoms with van der Waals surface area (Å²) in [5.74, 6) is -0.138. The van der Waals surface area contributed by atoms with Gasteiger partial charge in [-0.1, -0.05) is 41.7 Å². The van der Waals surface area contributed by atoms with Gasteiger partial charge in [-0.2, -0.15) is 0 Å². The highest BCUT2D eigenvalue weighted by atomic mass is 32.1. The number of carbonyl (C=O) groups excluding carboxylic acids is 1. The summed E-state index contributed by atoms with van der Waals surface area (Å²) < 4.78 is 4.91. The number of hydrogen-bond donors (Lipinski definition) is 2. The second-order valence-electron chi connectivity index (χ2n) is 5.62. The molecular weight excluding hydrogens is 312 g/mol. The first-order valence-electron chi connectivity index (χ1n) is 7.43. The number of rotatable bonds is 8. The Balaban J connectivity index is 1.96. The molecule has 0 fully saturated rings. The SMILES string of the molecule is COCCNCC(=O)Nc1nnc(C(C)(C)c2ccccc2)s1. The van der Waals surface area contributed by atoms with Crippen LogP contribution in [0.3, 0.4) is 0 Å². The third kappa shape index (κ3) is 4.82. The van der Waals surface area contributed by atoms with Gasteiger partial charge in [0.2, 0.25) is 11.0 Å². The van der Waals surface area contributed by atoms with Crippen LogP contribution in [0, 0.1) is 0 Å². The minimum Gasteiger partial charge on any atom is -0.383 e. The fraction of sp³-hybridized carbons (Fsp3) is 0.438. The third-order valence-corrected chi connectivity index (χ3v) is 4.63. The fourth-order valence-corrected chi connectivity index (χ4v) is 2.93. The largest absolute Gasteiger partial charge is 0.383 e. The smallest absolute Gasteiger partial charge is 0.240 e. The Morgan fingerprint density at radius 1 is 1.26 bits per heavy atom. The van der Waals surface area contributed by atoms with Crippen molar-refractivity contribution in [3.8, 4) is 0 Å². The maximum Gasteiger partial charge on any atom is 0.240 e. The highest BCUT2D eigenvalue weighted by Crippen LogP contribution is 2.34. The van der Waals surface area contributed by atoms with Crippen molar-refractivity contribution >= 4 is 22.4 Å². The Labute approximate surface area is 140 Å². The van der Waals surface area contributed by atoms with Crippen LogP contribution in [0.15, 0.2) is 30.3 Å². The molecule has 1 amide bonds. The van der Waals surface area contributed by atoms with Crippen LogP contribution in [-0.2, 0) is 14.9 Å². The van der Waals surface area contributed by atoms with E-state index >= 15 is 0 Å². The van der Waals surface area contributed by atoms with Crippen molar-refractivity contribution in [1.29, 1.82) is 0 Å². The predicted molar refractivity (Wildman–Crippen MR) is 91.9 cm³/mol. The molecule has 0 saturated carbocycles. The summed E-state index contributed by atoms with van der Waals surface area (Å²) in [6.07, 6.45) is 0. The van der Waals surface area contributed by atoms with Gasteiger partial charge in [0.25, 0.3) is 0 Å². The van der Waals surface area contributed by atoms with E-state index < -0.39 is 0 Å². The van der Waals surface area contributed by atoms with Crippen LogP contribution in [0.1, 0.15) is 24.4 Å². The summed E-state index contributed by atoms with van der Waals surface area (Å²) in [4.78, 5) is 11.8. The molecule has 0 aliphatic carbocycles. The van der Waals surface area contributed by atoms with Crippen LogP contribution < -0.4 is 10.6 Å². The molecule has 0 aliphatic heterocycles. The van der Waals surface area contributed by atoms with Gasteiger partial charge in [0.1, 0.15) is 5.01 Å². The Bertz CT molecular complexity index is 628. The molecule has 2 N–H and O–H groups in total. The normalized spacial score (nSPS) is 11.4. The second kappa shape index (κ2) is 8.14. The van der Waals surface area contributed by atoms with E-state index in [2.05, 4.69) is 46.8 Å². The van der Waals surface area contributed by atoms with E-state index in [1.54, 1.807) is 7.11 Å². The van der Waals surface area contributed by atoms with Crippen molar-refractivity contribution in [2.75, 3.05) is 32.1 Å². The van der Waals surface area contributed by atoms with Crippen LogP contribution in [0.25, 0.3) is 0 Å². The zero-order valence-electron chi connectivity index (χ0n) is 13.6. The number of carbonyl (C=O) groups is 1. The van der Waals surface area contributed by atoms with Gasteiger partial charge in [0.15, 0.2) is 0 Å². The number of methoxy groups -OCH3 is 1. The average molecular weight is 334 g/mol. The Hall–Kier alpha value is -1.83. The maximum absolute atomic E-state index is 11.8. The molecule has 23 heavy (non-hydrogen) atoms. The van der Waals surface area contributed by atoms with E-state index in [-0.39, 0.29) is 17.9 Å². The Kier molecular flexibility index (Phi) is 6.20. The zero-order valence-corrected chi connectivity index (χ0v) is 14.4. The lowest BCUT2D eigenvalue weighted by molar-refractivity contribution is -0.115. The molecule has 0 unspecified atom stereocenters. The molecule has 0 saturated heterocycles. The number of benzene rings is 1. The first kappa shape index (κ1) is 17.5. The molecule has 2 rings (SSSR count). The maximum atomic E-state index is 11.8. The molecular formula is C16H22N4O2S. The molecule has 124 valence electrons. The van der Waals surface area contributed by atoms with Gasteiger partial charge in [-0.25, -0.2) is 0 Å². The van der Waals surface area contributed by atoms with Crippen LogP contribution in [-0.4, -0.2) is 42.9 Å². The molecule has 1 heterocycles. The summed E-state index contributed by atoms with van der Waals surface area (Å²) in [6, 6.07) is 10.1. The van der Waals surface area contributed by atoms with Crippen LogP contribution in [0.2, 0.25) is 0 Å². The molecule has 7 heteroatoms. The number of amides is 1. The number of anilines is 1. The van der Waals surface area contributed by atoms with Crippen molar-refractivity contribution in [2.24, 2.45) is 0 Å². The van der Waals surface area contributed by atoms with Crippen molar-refractivity contribution in [3.63, 3.8) is 0 Å². The van der Waals surface area contributed by atoms with E-state index in [4.69, 9.17) is 4.74 Å². The zero-order chi connectivity index (χ0) is 16.7. The number of nitrogens with zero attached hydrogens (tertiary/aromatic N) is 2. The predicted octanol–water partition coefficient (Wildman–Crippen LogP) is 2.04. The van der Waals surface area contributed by atoms with Gasteiger partial charge in [0.05, 0.1) is 13.2 Å². The van der Waals surface area contributed by atoms with Gasteiger partial charge in [-0.3, -0.25) is 10.1 Å². The number of ether oxygens (including phenoxy) is 1. The van der Waals surface area contributed by atoms with Crippen LogP contribution in [0.5, 0.6) is 0 Å². The molecule has 1 aromatic heterocycles. The summed E-state index contributed by atoms with van der Waals surface area (Å²) >= 11 is 1.40. The van der Waals surface area contributed by atoms with Gasteiger partial charge < -0.3 is 10.1 Å². The molecule has 2 aromatic rings. The topological polar surface area (TPSA) is 76.1 Å². The van der Waals surface area contributed by atoms with Gasteiger partial charge in [-0.05, 0) is 19.4 Å². The first-order valence-corrected chi connectivity index (χ1v) is 8.24. The molecule has 0 atom stereocenters. The summed E-state index contributed by atoms with van der Waals surface area (Å²) in [7, 11) is 1.62. The minimum atomic E-state index is -0.251. The lowest BCUT2D eigenvalue weighted by Gasteiger charge is -2.21. The quantitative estimate of drug-likeness (QED) is 0.723. The third-order valence-electron chi connectivity index (χ3n) is 3.47. The summed E-state index contributed by atoms with van der Waals surface area (Å²) in [5.41, 5.74) is 0.911. The van der Waals surface area contributed by atoms with Crippen molar-refractivity contribution in [3.05, 3.63) is 40.9 Å². The Morgan fingerprint density at radius 2 is 2.00 bits per heavy atom. The van der Waals surface area contributed by atoms with Gasteiger partial charge in [0, 0.05) is 19.1 Å². The van der Waals surface area contributed by atoms with Crippen LogP contribution >= 0.6 is 11.3 Å². The molecule has 0 bridgehead atoms. The molecule has 0 spiro atoms. The average Bonchev–Trinajstić information content (AvgIpc) is 3.02. The molecule has 0 radical (unpaired) electrons. The first-order chi connectivity index (χ1) is 11.0.